The first-order chi connectivity index (χ1) is 21.0. The maximum Gasteiger partial charge on any atom is 0.224 e. The van der Waals surface area contributed by atoms with Gasteiger partial charge in [0.1, 0.15) is 5.78 Å². The number of sulfone groups is 1. The molecule has 0 unspecified atom stereocenters. The van der Waals surface area contributed by atoms with E-state index in [-0.39, 0.29) is 47.9 Å². The van der Waals surface area contributed by atoms with Crippen molar-refractivity contribution in [1.82, 2.24) is 15.2 Å². The number of aryl methyl sites for hydroxylation is 1. The predicted octanol–water partition coefficient (Wildman–Crippen LogP) is 5.48. The molecule has 2 atom stereocenters. The van der Waals surface area contributed by atoms with Gasteiger partial charge in [-0.05, 0) is 42.9 Å². The van der Waals surface area contributed by atoms with E-state index in [1.807, 2.05) is 17.9 Å². The second-order valence-corrected chi connectivity index (χ2v) is 16.1. The number of carbonyl (C=O) groups is 3. The number of hydrogen-bond donors (Lipinski definition) is 1. The van der Waals surface area contributed by atoms with Crippen molar-refractivity contribution in [1.29, 1.82) is 0 Å². The molecule has 1 aliphatic heterocycles. The summed E-state index contributed by atoms with van der Waals surface area (Å²) in [7, 11) is -2.99. The van der Waals surface area contributed by atoms with Crippen molar-refractivity contribution in [3.8, 4) is 0 Å². The summed E-state index contributed by atoms with van der Waals surface area (Å²) in [4.78, 5) is 46.3. The van der Waals surface area contributed by atoms with E-state index in [0.717, 1.165) is 40.9 Å². The Kier molecular flexibility index (Phi) is 12.7. The molecule has 2 aromatic rings. The first kappa shape index (κ1) is 34.4. The third kappa shape index (κ3) is 10.3. The molecule has 2 aliphatic rings. The van der Waals surface area contributed by atoms with Gasteiger partial charge in [0, 0.05) is 56.9 Å². The van der Waals surface area contributed by atoms with E-state index in [1.165, 1.54) is 24.8 Å². The van der Waals surface area contributed by atoms with Gasteiger partial charge >= 0.3 is 0 Å². The van der Waals surface area contributed by atoms with Crippen molar-refractivity contribution in [2.45, 2.75) is 96.9 Å². The number of ketones is 2. The summed E-state index contributed by atoms with van der Waals surface area (Å²) in [6, 6.07) is 6.10. The molecular formula is C34H49N3O5S2. The lowest BCUT2D eigenvalue weighted by atomic mass is 9.83. The van der Waals surface area contributed by atoms with Crippen molar-refractivity contribution < 1.29 is 22.8 Å². The SMILES string of the molecule is C=C(CN1CCS(=O)(=O)CC1)C(=O)CC[C@H](CC1CCCCC1)NC(=O)[C@@H](CC(=O)CC)Cc1nc2ccc(CC)cc2s1. The molecule has 1 aliphatic carbocycles. The summed E-state index contributed by atoms with van der Waals surface area (Å²) in [5.74, 6) is 0.103. The summed E-state index contributed by atoms with van der Waals surface area (Å²) >= 11 is 1.59. The molecule has 2 fully saturated rings. The van der Waals surface area contributed by atoms with Gasteiger partial charge in [0.15, 0.2) is 15.6 Å². The Morgan fingerprint density at radius 1 is 1.11 bits per heavy atom. The van der Waals surface area contributed by atoms with Crippen LogP contribution in [0.2, 0.25) is 0 Å². The van der Waals surface area contributed by atoms with E-state index in [9.17, 15) is 22.8 Å². The van der Waals surface area contributed by atoms with Gasteiger partial charge in [-0.2, -0.15) is 0 Å². The van der Waals surface area contributed by atoms with Gasteiger partial charge in [-0.15, -0.1) is 11.3 Å². The Labute approximate surface area is 267 Å². The minimum absolute atomic E-state index is 0.0417. The van der Waals surface area contributed by atoms with Crippen molar-refractivity contribution in [2.24, 2.45) is 11.8 Å². The number of fused-ring (bicyclic) bond motifs is 1. The molecule has 1 N–H and O–H groups in total. The van der Waals surface area contributed by atoms with Gasteiger partial charge in [0.2, 0.25) is 5.91 Å². The third-order valence-electron chi connectivity index (χ3n) is 9.22. The first-order valence-corrected chi connectivity index (χ1v) is 19.0. The second-order valence-electron chi connectivity index (χ2n) is 12.7. The minimum Gasteiger partial charge on any atom is -0.353 e. The highest BCUT2D eigenvalue weighted by molar-refractivity contribution is 7.91. The number of aromatic nitrogens is 1. The van der Waals surface area contributed by atoms with E-state index < -0.39 is 15.8 Å². The topological polar surface area (TPSA) is 114 Å². The Bertz CT molecular complexity index is 1410. The Hall–Kier alpha value is -2.43. The zero-order valence-electron chi connectivity index (χ0n) is 26.4. The first-order valence-electron chi connectivity index (χ1n) is 16.4. The lowest BCUT2D eigenvalue weighted by Gasteiger charge is -2.29. The summed E-state index contributed by atoms with van der Waals surface area (Å²) in [5.41, 5.74) is 2.65. The van der Waals surface area contributed by atoms with Crippen LogP contribution in [0.25, 0.3) is 10.2 Å². The van der Waals surface area contributed by atoms with E-state index >= 15 is 0 Å². The third-order valence-corrected chi connectivity index (χ3v) is 11.9. The van der Waals surface area contributed by atoms with Gasteiger partial charge in [-0.3, -0.25) is 19.3 Å². The highest BCUT2D eigenvalue weighted by Gasteiger charge is 2.28. The average molecular weight is 644 g/mol. The molecule has 44 heavy (non-hydrogen) atoms. The quantitative estimate of drug-likeness (QED) is 0.241. The summed E-state index contributed by atoms with van der Waals surface area (Å²) in [6.45, 7) is 9.17. The van der Waals surface area contributed by atoms with Crippen LogP contribution in [0.1, 0.15) is 88.6 Å². The molecule has 8 nitrogen and oxygen atoms in total. The molecule has 10 heteroatoms. The Morgan fingerprint density at radius 2 is 1.84 bits per heavy atom. The zero-order chi connectivity index (χ0) is 31.7. The van der Waals surface area contributed by atoms with Crippen molar-refractivity contribution >= 4 is 48.9 Å². The standard InChI is InChI=1S/C34H49N3O5S2/c1-4-25-11-13-30-32(20-25)43-33(36-30)22-27(21-29(38)5-2)34(40)35-28(19-26-9-7-6-8-10-26)12-14-31(39)24(3)23-37-15-17-44(41,42)18-16-37/h11,13,20,26-28H,3-10,12,14-19,21-23H2,1-2H3,(H,35,40)/t27-,28+/m0/s1. The molecule has 1 aromatic carbocycles. The number of nitrogens with one attached hydrogen (secondary N) is 1. The molecule has 0 spiro atoms. The fourth-order valence-corrected chi connectivity index (χ4v) is 8.74. The van der Waals surface area contributed by atoms with Gasteiger partial charge < -0.3 is 5.32 Å². The van der Waals surface area contributed by atoms with Gasteiger partial charge in [-0.25, -0.2) is 13.4 Å². The second kappa shape index (κ2) is 16.2. The average Bonchev–Trinajstić information content (AvgIpc) is 3.42. The maximum absolute atomic E-state index is 13.8. The lowest BCUT2D eigenvalue weighted by Crippen LogP contribution is -2.42. The summed E-state index contributed by atoms with van der Waals surface area (Å²) in [5, 5.41) is 4.14. The Balaban J connectivity index is 1.41. The molecule has 2 heterocycles. The Morgan fingerprint density at radius 3 is 2.52 bits per heavy atom. The van der Waals surface area contributed by atoms with E-state index in [1.54, 1.807) is 11.3 Å². The van der Waals surface area contributed by atoms with Crippen molar-refractivity contribution in [2.75, 3.05) is 31.1 Å². The fourth-order valence-electron chi connectivity index (χ4n) is 6.35. The number of benzene rings is 1. The molecule has 1 amide bonds. The number of carbonyl (C=O) groups excluding carboxylic acids is 3. The molecule has 1 saturated carbocycles. The van der Waals surface area contributed by atoms with Gasteiger partial charge in [-0.1, -0.05) is 58.6 Å². The van der Waals surface area contributed by atoms with E-state index in [2.05, 4.69) is 31.0 Å². The van der Waals surface area contributed by atoms with Crippen LogP contribution in [0, 0.1) is 11.8 Å². The number of nitrogens with zero attached hydrogens (tertiary/aromatic N) is 2. The lowest BCUT2D eigenvalue weighted by molar-refractivity contribution is -0.130. The summed E-state index contributed by atoms with van der Waals surface area (Å²) in [6.07, 6.45) is 9.43. The molecule has 4 rings (SSSR count). The molecule has 0 radical (unpaired) electrons. The van der Waals surface area contributed by atoms with E-state index in [0.29, 0.717) is 50.4 Å². The van der Waals surface area contributed by atoms with Crippen LogP contribution < -0.4 is 5.32 Å². The zero-order valence-corrected chi connectivity index (χ0v) is 28.1. The maximum atomic E-state index is 13.8. The predicted molar refractivity (Wildman–Crippen MR) is 178 cm³/mol. The van der Waals surface area contributed by atoms with Crippen LogP contribution in [0.3, 0.4) is 0 Å². The normalized spacial score (nSPS) is 19.0. The number of rotatable bonds is 16. The molecule has 1 saturated heterocycles. The van der Waals surface area contributed by atoms with Crippen LogP contribution in [0.4, 0.5) is 0 Å². The number of hydrogen-bond acceptors (Lipinski definition) is 8. The number of Topliss-reactive ketones (excluding diaryl/α,β-unsaturated/α-hetero) is 2. The minimum atomic E-state index is -2.99. The number of thiazole rings is 1. The molecule has 1 aromatic heterocycles. The molecule has 0 bridgehead atoms. The van der Waals surface area contributed by atoms with Crippen LogP contribution in [0.15, 0.2) is 30.4 Å². The van der Waals surface area contributed by atoms with Crippen molar-refractivity contribution in [3.05, 3.63) is 40.9 Å². The fraction of sp³-hybridized carbons (Fsp3) is 0.647. The van der Waals surface area contributed by atoms with Gasteiger partial charge in [0.25, 0.3) is 0 Å². The highest BCUT2D eigenvalue weighted by Crippen LogP contribution is 2.30. The van der Waals surface area contributed by atoms with E-state index in [4.69, 9.17) is 4.98 Å². The van der Waals surface area contributed by atoms with Gasteiger partial charge in [0.05, 0.1) is 32.6 Å². The van der Waals surface area contributed by atoms with Crippen LogP contribution >= 0.6 is 11.3 Å². The monoisotopic (exact) mass is 643 g/mol. The smallest absolute Gasteiger partial charge is 0.224 e. The molecule has 242 valence electrons. The largest absolute Gasteiger partial charge is 0.353 e. The van der Waals surface area contributed by atoms with Crippen LogP contribution in [-0.4, -0.2) is 73.0 Å². The highest BCUT2D eigenvalue weighted by atomic mass is 32.2. The van der Waals surface area contributed by atoms with Crippen molar-refractivity contribution in [3.63, 3.8) is 0 Å². The summed E-state index contributed by atoms with van der Waals surface area (Å²) < 4.78 is 24.6. The molecular weight excluding hydrogens is 595 g/mol. The van der Waals surface area contributed by atoms with Crippen LogP contribution in [0.5, 0.6) is 0 Å². The van der Waals surface area contributed by atoms with Crippen LogP contribution in [-0.2, 0) is 37.1 Å². The number of amides is 1.